The maximum atomic E-state index is 12.2. The quantitative estimate of drug-likeness (QED) is 0.696. The number of hydrogen-bond acceptors (Lipinski definition) is 6. The molecule has 0 saturated heterocycles. The number of aryl methyl sites for hydroxylation is 1. The molecule has 3 aromatic rings. The van der Waals surface area contributed by atoms with Crippen molar-refractivity contribution in [3.63, 3.8) is 0 Å². The molecular weight excluding hydrogens is 389 g/mol. The van der Waals surface area contributed by atoms with Crippen LogP contribution in [0.25, 0.3) is 11.3 Å². The van der Waals surface area contributed by atoms with Crippen molar-refractivity contribution in [1.29, 1.82) is 0 Å². The topological polar surface area (TPSA) is 70.4 Å². The third kappa shape index (κ3) is 4.66. The number of halogens is 3. The Morgan fingerprint density at radius 1 is 1.07 bits per heavy atom. The highest BCUT2D eigenvalue weighted by Gasteiger charge is 2.31. The number of nitrogens with one attached hydrogen (secondary N) is 1. The summed E-state index contributed by atoms with van der Waals surface area (Å²) in [6.07, 6.45) is 1.55. The highest BCUT2D eigenvalue weighted by Crippen LogP contribution is 2.29. The van der Waals surface area contributed by atoms with Gasteiger partial charge < -0.3 is 9.47 Å². The number of alkyl halides is 3. The van der Waals surface area contributed by atoms with Crippen molar-refractivity contribution in [3.8, 4) is 22.8 Å². The van der Waals surface area contributed by atoms with Gasteiger partial charge in [-0.25, -0.2) is 5.48 Å². The zero-order chi connectivity index (χ0) is 20.4. The van der Waals surface area contributed by atoms with Crippen molar-refractivity contribution in [3.05, 3.63) is 72.5 Å². The van der Waals surface area contributed by atoms with E-state index < -0.39 is 12.5 Å². The lowest BCUT2D eigenvalue weighted by Gasteiger charge is -2.11. The van der Waals surface area contributed by atoms with Crippen molar-refractivity contribution >= 4 is 0 Å². The van der Waals surface area contributed by atoms with Gasteiger partial charge in [-0.05, 0) is 29.8 Å². The van der Waals surface area contributed by atoms with E-state index in [2.05, 4.69) is 20.3 Å². The maximum absolute atomic E-state index is 12.2. The van der Waals surface area contributed by atoms with Crippen molar-refractivity contribution < 1.29 is 27.5 Å². The molecule has 0 bridgehead atoms. The second-order valence-electron chi connectivity index (χ2n) is 6.17. The van der Waals surface area contributed by atoms with Gasteiger partial charge in [0.1, 0.15) is 17.6 Å². The van der Waals surface area contributed by atoms with Crippen LogP contribution in [0.4, 0.5) is 13.2 Å². The maximum Gasteiger partial charge on any atom is 0.573 e. The Morgan fingerprint density at radius 3 is 2.45 bits per heavy atom. The first kappa shape index (κ1) is 18.8. The number of aromatic nitrogens is 3. The second kappa shape index (κ2) is 7.47. The van der Waals surface area contributed by atoms with Crippen LogP contribution >= 0.6 is 0 Å². The summed E-state index contributed by atoms with van der Waals surface area (Å²) in [5.74, 6) is 0.545. The SMILES string of the molecule is Cn1cc(-c2ccc(OC3=C[C@H](c4ccc(OC(F)(F)F)cc4)ON3)cn2)cn1. The molecular formula is C19H15F3N4O3. The molecule has 1 aliphatic rings. The summed E-state index contributed by atoms with van der Waals surface area (Å²) >= 11 is 0. The molecule has 0 spiro atoms. The van der Waals surface area contributed by atoms with Gasteiger partial charge in [0.05, 0.1) is 18.1 Å². The van der Waals surface area contributed by atoms with Crippen LogP contribution in [0.15, 0.2) is 66.9 Å². The lowest BCUT2D eigenvalue weighted by Crippen LogP contribution is -2.17. The van der Waals surface area contributed by atoms with E-state index in [4.69, 9.17) is 9.57 Å². The largest absolute Gasteiger partial charge is 0.573 e. The molecule has 4 rings (SSSR count). The summed E-state index contributed by atoms with van der Waals surface area (Å²) in [6, 6.07) is 8.97. The third-order valence-corrected chi connectivity index (χ3v) is 4.00. The Balaban J connectivity index is 1.40. The predicted octanol–water partition coefficient (Wildman–Crippen LogP) is 3.88. The lowest BCUT2D eigenvalue weighted by molar-refractivity contribution is -0.274. The Labute approximate surface area is 163 Å². The highest BCUT2D eigenvalue weighted by atomic mass is 19.4. The molecule has 3 heterocycles. The van der Waals surface area contributed by atoms with Crippen molar-refractivity contribution in [1.82, 2.24) is 20.2 Å². The van der Waals surface area contributed by atoms with Crippen LogP contribution in [0, 0.1) is 0 Å². The van der Waals surface area contributed by atoms with E-state index in [0.29, 0.717) is 17.2 Å². The minimum absolute atomic E-state index is 0.299. The van der Waals surface area contributed by atoms with Gasteiger partial charge in [0.15, 0.2) is 0 Å². The van der Waals surface area contributed by atoms with Crippen LogP contribution in [0.5, 0.6) is 11.5 Å². The van der Waals surface area contributed by atoms with Crippen molar-refractivity contribution in [2.75, 3.05) is 0 Å². The Kier molecular flexibility index (Phi) is 4.85. The van der Waals surface area contributed by atoms with Crippen LogP contribution in [-0.4, -0.2) is 21.1 Å². The molecule has 10 heteroatoms. The predicted molar refractivity (Wildman–Crippen MR) is 95.2 cm³/mol. The smallest absolute Gasteiger partial charge is 0.438 e. The molecule has 1 aromatic carbocycles. The number of rotatable bonds is 5. The number of pyridine rings is 1. The van der Waals surface area contributed by atoms with Crippen LogP contribution in [-0.2, 0) is 11.9 Å². The molecule has 29 heavy (non-hydrogen) atoms. The number of hydroxylamine groups is 1. The molecule has 150 valence electrons. The Morgan fingerprint density at radius 2 is 1.83 bits per heavy atom. The molecule has 1 aliphatic heterocycles. The van der Waals surface area contributed by atoms with Crippen LogP contribution < -0.4 is 15.0 Å². The molecule has 1 atom stereocenters. The van der Waals surface area contributed by atoms with Crippen LogP contribution in [0.2, 0.25) is 0 Å². The zero-order valence-corrected chi connectivity index (χ0v) is 15.1. The van der Waals surface area contributed by atoms with Gasteiger partial charge in [-0.2, -0.15) is 5.10 Å². The van der Waals surface area contributed by atoms with E-state index >= 15 is 0 Å². The van der Waals surface area contributed by atoms with E-state index in [1.54, 1.807) is 35.3 Å². The fourth-order valence-electron chi connectivity index (χ4n) is 2.70. The molecule has 1 N–H and O–H groups in total. The van der Waals surface area contributed by atoms with Crippen LogP contribution in [0.3, 0.4) is 0 Å². The Hall–Kier alpha value is -3.53. The molecule has 0 aliphatic carbocycles. The van der Waals surface area contributed by atoms with E-state index in [1.165, 1.54) is 24.3 Å². The first-order valence-corrected chi connectivity index (χ1v) is 8.48. The number of ether oxygens (including phenoxy) is 2. The van der Waals surface area contributed by atoms with Crippen LogP contribution in [0.1, 0.15) is 11.7 Å². The van der Waals surface area contributed by atoms with Gasteiger partial charge in [0.25, 0.3) is 0 Å². The standard InChI is InChI=1S/C19H15F3N4O3/c1-26-11-13(9-24-26)16-7-6-15(10-23-16)27-18-8-17(29-25-18)12-2-4-14(5-3-12)28-19(20,21)22/h2-11,17,25H,1H3/t17-/m1/s1. The summed E-state index contributed by atoms with van der Waals surface area (Å²) in [4.78, 5) is 9.74. The average Bonchev–Trinajstić information content (AvgIpc) is 3.31. The van der Waals surface area contributed by atoms with E-state index in [9.17, 15) is 13.2 Å². The van der Waals surface area contributed by atoms with Gasteiger partial charge in [-0.15, -0.1) is 13.2 Å². The normalized spacial score (nSPS) is 16.3. The van der Waals surface area contributed by atoms with Crippen molar-refractivity contribution in [2.45, 2.75) is 12.5 Å². The summed E-state index contributed by atoms with van der Waals surface area (Å²) in [6.45, 7) is 0. The van der Waals surface area contributed by atoms with E-state index in [1.807, 2.05) is 13.2 Å². The molecule has 0 fully saturated rings. The monoisotopic (exact) mass is 404 g/mol. The summed E-state index contributed by atoms with van der Waals surface area (Å²) in [7, 11) is 1.83. The molecule has 7 nitrogen and oxygen atoms in total. The summed E-state index contributed by atoms with van der Waals surface area (Å²) < 4.78 is 47.9. The van der Waals surface area contributed by atoms with Gasteiger partial charge in [-0.3, -0.25) is 14.5 Å². The first-order chi connectivity index (χ1) is 13.9. The van der Waals surface area contributed by atoms with E-state index in [0.717, 1.165) is 11.3 Å². The second-order valence-corrected chi connectivity index (χ2v) is 6.17. The minimum Gasteiger partial charge on any atom is -0.438 e. The molecule has 0 unspecified atom stereocenters. The molecule has 0 amide bonds. The lowest BCUT2D eigenvalue weighted by atomic mass is 10.1. The average molecular weight is 404 g/mol. The minimum atomic E-state index is -4.73. The number of nitrogens with zero attached hydrogens (tertiary/aromatic N) is 3. The van der Waals surface area contributed by atoms with Gasteiger partial charge in [-0.1, -0.05) is 12.1 Å². The third-order valence-electron chi connectivity index (χ3n) is 4.00. The van der Waals surface area contributed by atoms with Gasteiger partial charge >= 0.3 is 6.36 Å². The summed E-state index contributed by atoms with van der Waals surface area (Å²) in [5.41, 5.74) is 4.92. The van der Waals surface area contributed by atoms with E-state index in [-0.39, 0.29) is 5.75 Å². The zero-order valence-electron chi connectivity index (χ0n) is 15.1. The van der Waals surface area contributed by atoms with Crippen molar-refractivity contribution in [2.24, 2.45) is 7.05 Å². The first-order valence-electron chi connectivity index (χ1n) is 8.48. The molecule has 0 saturated carbocycles. The fraction of sp³-hybridized carbons (Fsp3) is 0.158. The Bertz CT molecular complexity index is 1010. The number of benzene rings is 1. The summed E-state index contributed by atoms with van der Waals surface area (Å²) in [5, 5.41) is 4.10. The fourth-order valence-corrected chi connectivity index (χ4v) is 2.70. The van der Waals surface area contributed by atoms with Gasteiger partial charge in [0.2, 0.25) is 5.88 Å². The molecule has 0 radical (unpaired) electrons. The molecule has 2 aromatic heterocycles. The highest BCUT2D eigenvalue weighted by molar-refractivity contribution is 5.57. The number of hydrogen-bond donors (Lipinski definition) is 1. The van der Waals surface area contributed by atoms with Gasteiger partial charge in [0, 0.05) is 24.9 Å².